The molecule has 1 atom stereocenters. The Kier molecular flexibility index (Phi) is 3.52. The van der Waals surface area contributed by atoms with E-state index in [2.05, 4.69) is 4.90 Å². The van der Waals surface area contributed by atoms with E-state index in [0.29, 0.717) is 0 Å². The van der Waals surface area contributed by atoms with E-state index in [-0.39, 0.29) is 12.6 Å². The molecule has 0 aromatic rings. The molecule has 0 saturated carbocycles. The molecule has 2 N–H and O–H groups in total. The lowest BCUT2D eigenvalue weighted by atomic mass is 9.83. The Morgan fingerprint density at radius 3 is 2.67 bits per heavy atom. The fourth-order valence-electron chi connectivity index (χ4n) is 1.51. The number of piperazine rings is 1. The number of nitrogens with zero attached hydrogens (tertiary/aromatic N) is 2. The van der Waals surface area contributed by atoms with Crippen molar-refractivity contribution in [3.8, 4) is 0 Å². The SMILES string of the molecule is CB(O)N1CCN(C)C(CO)C1. The number of aliphatic hydroxyl groups is 1. The van der Waals surface area contributed by atoms with Gasteiger partial charge in [-0.15, -0.1) is 0 Å². The molecule has 0 radical (unpaired) electrons. The molecule has 0 spiro atoms. The van der Waals surface area contributed by atoms with E-state index in [1.807, 2.05) is 11.9 Å². The zero-order valence-electron chi connectivity index (χ0n) is 7.77. The van der Waals surface area contributed by atoms with Crippen molar-refractivity contribution < 1.29 is 10.1 Å². The Bertz CT molecular complexity index is 145. The summed E-state index contributed by atoms with van der Waals surface area (Å²) in [7, 11) is 1.60. The van der Waals surface area contributed by atoms with Crippen LogP contribution < -0.4 is 0 Å². The Morgan fingerprint density at radius 2 is 2.17 bits per heavy atom. The van der Waals surface area contributed by atoms with Gasteiger partial charge in [-0.2, -0.15) is 0 Å². The molecule has 0 aromatic heterocycles. The fourth-order valence-corrected chi connectivity index (χ4v) is 1.51. The predicted octanol–water partition coefficient (Wildman–Crippen LogP) is -1.29. The van der Waals surface area contributed by atoms with E-state index in [4.69, 9.17) is 5.11 Å². The van der Waals surface area contributed by atoms with Crippen LogP contribution in [0.3, 0.4) is 0 Å². The molecule has 4 nitrogen and oxygen atoms in total. The van der Waals surface area contributed by atoms with E-state index < -0.39 is 7.05 Å². The highest BCUT2D eigenvalue weighted by atomic mass is 16.3. The average Bonchev–Trinajstić information content (AvgIpc) is 2.05. The first-order chi connectivity index (χ1) is 5.65. The van der Waals surface area contributed by atoms with Gasteiger partial charge in [-0.1, -0.05) is 0 Å². The zero-order valence-corrected chi connectivity index (χ0v) is 7.77. The van der Waals surface area contributed by atoms with Gasteiger partial charge in [-0.05, 0) is 13.9 Å². The maximum atomic E-state index is 9.30. The van der Waals surface area contributed by atoms with Crippen molar-refractivity contribution in [2.24, 2.45) is 0 Å². The van der Waals surface area contributed by atoms with Crippen LogP contribution in [0.5, 0.6) is 0 Å². The first kappa shape index (κ1) is 9.99. The van der Waals surface area contributed by atoms with Crippen LogP contribution in [0, 0.1) is 0 Å². The van der Waals surface area contributed by atoms with E-state index >= 15 is 0 Å². The van der Waals surface area contributed by atoms with Crippen molar-refractivity contribution in [3.05, 3.63) is 0 Å². The lowest BCUT2D eigenvalue weighted by molar-refractivity contribution is 0.0854. The normalized spacial score (nSPS) is 27.5. The minimum absolute atomic E-state index is 0.166. The molecule has 5 heteroatoms. The molecule has 1 saturated heterocycles. The van der Waals surface area contributed by atoms with Crippen LogP contribution >= 0.6 is 0 Å². The van der Waals surface area contributed by atoms with Crippen molar-refractivity contribution in [2.45, 2.75) is 12.9 Å². The van der Waals surface area contributed by atoms with Crippen LogP contribution in [-0.2, 0) is 0 Å². The van der Waals surface area contributed by atoms with Crippen LogP contribution in [0.25, 0.3) is 0 Å². The number of aliphatic hydroxyl groups excluding tert-OH is 1. The van der Waals surface area contributed by atoms with E-state index in [1.165, 1.54) is 0 Å². The maximum Gasteiger partial charge on any atom is 0.376 e. The molecular formula is C7H17BN2O2. The smallest absolute Gasteiger partial charge is 0.376 e. The Balaban J connectivity index is 2.44. The van der Waals surface area contributed by atoms with Gasteiger partial charge in [0.25, 0.3) is 0 Å². The first-order valence-corrected chi connectivity index (χ1v) is 4.38. The van der Waals surface area contributed by atoms with Crippen molar-refractivity contribution in [3.63, 3.8) is 0 Å². The van der Waals surface area contributed by atoms with Gasteiger partial charge in [0.2, 0.25) is 0 Å². The third kappa shape index (κ3) is 2.20. The van der Waals surface area contributed by atoms with Gasteiger partial charge in [0.05, 0.1) is 6.61 Å². The van der Waals surface area contributed by atoms with E-state index in [1.54, 1.807) is 6.82 Å². The highest BCUT2D eigenvalue weighted by molar-refractivity contribution is 6.45. The van der Waals surface area contributed by atoms with E-state index in [0.717, 1.165) is 19.6 Å². The van der Waals surface area contributed by atoms with Crippen LogP contribution in [0.2, 0.25) is 6.82 Å². The van der Waals surface area contributed by atoms with Crippen LogP contribution in [0.15, 0.2) is 0 Å². The molecular weight excluding hydrogens is 155 g/mol. The molecule has 1 aliphatic rings. The summed E-state index contributed by atoms with van der Waals surface area (Å²) in [4.78, 5) is 4.10. The standard InChI is InChI=1S/C7H17BN2O2/c1-8(12)10-4-3-9(2)7(5-10)6-11/h7,11-12H,3-6H2,1-2H3. The molecule has 1 heterocycles. The van der Waals surface area contributed by atoms with Gasteiger partial charge in [0.1, 0.15) is 0 Å². The van der Waals surface area contributed by atoms with Gasteiger partial charge < -0.3 is 14.9 Å². The Hall–Kier alpha value is -0.0951. The minimum atomic E-state index is -0.396. The molecule has 12 heavy (non-hydrogen) atoms. The number of likely N-dealkylation sites (N-methyl/N-ethyl adjacent to an activating group) is 1. The topological polar surface area (TPSA) is 46.9 Å². The highest BCUT2D eigenvalue weighted by Gasteiger charge is 2.27. The molecule has 0 aromatic carbocycles. The Morgan fingerprint density at radius 1 is 1.50 bits per heavy atom. The van der Waals surface area contributed by atoms with Gasteiger partial charge in [-0.25, -0.2) is 0 Å². The lowest BCUT2D eigenvalue weighted by Gasteiger charge is -2.39. The second-order valence-corrected chi connectivity index (χ2v) is 3.44. The van der Waals surface area contributed by atoms with Crippen molar-refractivity contribution in [1.29, 1.82) is 0 Å². The van der Waals surface area contributed by atoms with Crippen molar-refractivity contribution >= 4 is 7.05 Å². The molecule has 1 aliphatic heterocycles. The first-order valence-electron chi connectivity index (χ1n) is 4.38. The largest absolute Gasteiger partial charge is 0.437 e. The van der Waals surface area contributed by atoms with Crippen molar-refractivity contribution in [1.82, 2.24) is 9.71 Å². The van der Waals surface area contributed by atoms with Crippen molar-refractivity contribution in [2.75, 3.05) is 33.3 Å². The van der Waals surface area contributed by atoms with Crippen LogP contribution in [0.4, 0.5) is 0 Å². The number of rotatable bonds is 2. The van der Waals surface area contributed by atoms with Gasteiger partial charge in [0.15, 0.2) is 0 Å². The summed E-state index contributed by atoms with van der Waals surface area (Å²) in [5.41, 5.74) is 0. The van der Waals surface area contributed by atoms with E-state index in [9.17, 15) is 5.02 Å². The molecule has 1 unspecified atom stereocenters. The summed E-state index contributed by atoms with van der Waals surface area (Å²) in [6, 6.07) is 0.174. The molecule has 0 amide bonds. The number of hydrogen-bond acceptors (Lipinski definition) is 4. The Labute approximate surface area is 73.9 Å². The summed E-state index contributed by atoms with van der Waals surface area (Å²) >= 11 is 0. The fraction of sp³-hybridized carbons (Fsp3) is 1.00. The minimum Gasteiger partial charge on any atom is -0.437 e. The third-order valence-electron chi connectivity index (χ3n) is 2.55. The van der Waals surface area contributed by atoms with Gasteiger partial charge in [-0.3, -0.25) is 4.90 Å². The third-order valence-corrected chi connectivity index (χ3v) is 2.55. The second kappa shape index (κ2) is 4.23. The molecule has 1 fully saturated rings. The predicted molar refractivity (Wildman–Crippen MR) is 48.9 cm³/mol. The average molecular weight is 172 g/mol. The quantitative estimate of drug-likeness (QED) is 0.508. The highest BCUT2D eigenvalue weighted by Crippen LogP contribution is 2.07. The maximum absolute atomic E-state index is 9.30. The number of hydrogen-bond donors (Lipinski definition) is 2. The zero-order chi connectivity index (χ0) is 9.14. The van der Waals surface area contributed by atoms with Crippen LogP contribution in [0.1, 0.15) is 0 Å². The molecule has 1 rings (SSSR count). The summed E-state index contributed by atoms with van der Waals surface area (Å²) < 4.78 is 0. The lowest BCUT2D eigenvalue weighted by Crippen LogP contribution is -2.56. The van der Waals surface area contributed by atoms with Crippen LogP contribution in [-0.4, -0.2) is 66.2 Å². The van der Waals surface area contributed by atoms with Gasteiger partial charge >= 0.3 is 7.05 Å². The summed E-state index contributed by atoms with van der Waals surface area (Å²) in [6.07, 6.45) is 0. The summed E-state index contributed by atoms with van der Waals surface area (Å²) in [5, 5.41) is 18.3. The molecule has 70 valence electrons. The summed E-state index contributed by atoms with van der Waals surface area (Å²) in [6.45, 7) is 4.48. The molecule has 0 aliphatic carbocycles. The monoisotopic (exact) mass is 172 g/mol. The molecule has 0 bridgehead atoms. The second-order valence-electron chi connectivity index (χ2n) is 3.44. The summed E-state index contributed by atoms with van der Waals surface area (Å²) in [5.74, 6) is 0. The van der Waals surface area contributed by atoms with Gasteiger partial charge in [0, 0.05) is 25.7 Å².